The van der Waals surface area contributed by atoms with Crippen molar-refractivity contribution in [3.05, 3.63) is 56.5 Å². The lowest BCUT2D eigenvalue weighted by molar-refractivity contribution is -0.118. The standard InChI is InChI=1S/C15H12BrCl2NO2/c1-9-6-11(3-4-12(9)16)19-15(20)8-21-14-7-10(17)2-5-13(14)18/h2-7H,8H2,1H3,(H,19,20). The van der Waals surface area contributed by atoms with E-state index in [9.17, 15) is 4.79 Å². The molecule has 0 saturated heterocycles. The average Bonchev–Trinajstić information content (AvgIpc) is 2.44. The molecule has 2 aromatic rings. The first-order chi connectivity index (χ1) is 9.95. The van der Waals surface area contributed by atoms with Crippen molar-refractivity contribution in [2.45, 2.75) is 6.92 Å². The van der Waals surface area contributed by atoms with Gasteiger partial charge in [0.25, 0.3) is 5.91 Å². The number of hydrogen-bond donors (Lipinski definition) is 1. The summed E-state index contributed by atoms with van der Waals surface area (Å²) >= 11 is 15.2. The Hall–Kier alpha value is -1.23. The van der Waals surface area contributed by atoms with Gasteiger partial charge in [-0.1, -0.05) is 39.1 Å². The Kier molecular flexibility index (Phi) is 5.51. The molecule has 0 aliphatic carbocycles. The number of aryl methyl sites for hydroxylation is 1. The van der Waals surface area contributed by atoms with Gasteiger partial charge in [0.15, 0.2) is 6.61 Å². The first-order valence-electron chi connectivity index (χ1n) is 6.09. The van der Waals surface area contributed by atoms with Gasteiger partial charge in [0.05, 0.1) is 5.02 Å². The monoisotopic (exact) mass is 387 g/mol. The number of nitrogens with one attached hydrogen (secondary N) is 1. The van der Waals surface area contributed by atoms with Crippen LogP contribution in [0.4, 0.5) is 5.69 Å². The summed E-state index contributed by atoms with van der Waals surface area (Å²) in [6.45, 7) is 1.80. The van der Waals surface area contributed by atoms with E-state index in [1.165, 1.54) is 0 Å². The Morgan fingerprint density at radius 1 is 1.24 bits per heavy atom. The summed E-state index contributed by atoms with van der Waals surface area (Å²) < 4.78 is 6.36. The fraction of sp³-hybridized carbons (Fsp3) is 0.133. The lowest BCUT2D eigenvalue weighted by Gasteiger charge is -2.10. The van der Waals surface area contributed by atoms with E-state index in [4.69, 9.17) is 27.9 Å². The Morgan fingerprint density at radius 2 is 2.00 bits per heavy atom. The first kappa shape index (κ1) is 16.1. The molecule has 2 aromatic carbocycles. The Bertz CT molecular complexity index is 677. The SMILES string of the molecule is Cc1cc(NC(=O)COc2cc(Cl)ccc2Cl)ccc1Br. The smallest absolute Gasteiger partial charge is 0.262 e. The highest BCUT2D eigenvalue weighted by Crippen LogP contribution is 2.27. The number of halogens is 3. The van der Waals surface area contributed by atoms with Crippen molar-refractivity contribution in [3.63, 3.8) is 0 Å². The van der Waals surface area contributed by atoms with Crippen molar-refractivity contribution >= 4 is 50.7 Å². The second-order valence-electron chi connectivity index (χ2n) is 4.38. The van der Waals surface area contributed by atoms with Crippen LogP contribution in [0.25, 0.3) is 0 Å². The molecule has 1 N–H and O–H groups in total. The molecule has 0 aromatic heterocycles. The molecule has 0 saturated carbocycles. The van der Waals surface area contributed by atoms with E-state index in [1.807, 2.05) is 19.1 Å². The zero-order valence-electron chi connectivity index (χ0n) is 11.1. The maximum absolute atomic E-state index is 11.9. The molecule has 0 aliphatic heterocycles. The van der Waals surface area contributed by atoms with Crippen LogP contribution in [-0.2, 0) is 4.79 Å². The van der Waals surface area contributed by atoms with Crippen LogP contribution in [0.1, 0.15) is 5.56 Å². The predicted octanol–water partition coefficient (Wildman–Crippen LogP) is 5.08. The third-order valence-corrected chi connectivity index (χ3v) is 4.13. The molecule has 1 amide bonds. The second kappa shape index (κ2) is 7.16. The molecule has 0 bridgehead atoms. The number of anilines is 1. The maximum Gasteiger partial charge on any atom is 0.262 e. The normalized spacial score (nSPS) is 10.3. The minimum Gasteiger partial charge on any atom is -0.482 e. The van der Waals surface area contributed by atoms with Crippen molar-refractivity contribution in [1.29, 1.82) is 0 Å². The molecule has 6 heteroatoms. The third kappa shape index (κ3) is 4.63. The molecule has 3 nitrogen and oxygen atoms in total. The summed E-state index contributed by atoms with van der Waals surface area (Å²) in [6, 6.07) is 10.4. The molecule has 2 rings (SSSR count). The fourth-order valence-corrected chi connectivity index (χ4v) is 2.23. The topological polar surface area (TPSA) is 38.3 Å². The highest BCUT2D eigenvalue weighted by Gasteiger charge is 2.07. The lowest BCUT2D eigenvalue weighted by atomic mass is 10.2. The summed E-state index contributed by atoms with van der Waals surface area (Å²) in [4.78, 5) is 11.9. The summed E-state index contributed by atoms with van der Waals surface area (Å²) in [5.41, 5.74) is 1.74. The second-order valence-corrected chi connectivity index (χ2v) is 6.07. The van der Waals surface area contributed by atoms with Crippen LogP contribution in [-0.4, -0.2) is 12.5 Å². The van der Waals surface area contributed by atoms with E-state index in [0.717, 1.165) is 10.0 Å². The molecule has 0 unspecified atom stereocenters. The van der Waals surface area contributed by atoms with Crippen LogP contribution in [0.15, 0.2) is 40.9 Å². The molecular formula is C15H12BrCl2NO2. The van der Waals surface area contributed by atoms with Gasteiger partial charge in [-0.3, -0.25) is 4.79 Å². The van der Waals surface area contributed by atoms with Crippen LogP contribution >= 0.6 is 39.1 Å². The zero-order chi connectivity index (χ0) is 15.4. The van der Waals surface area contributed by atoms with E-state index in [2.05, 4.69) is 21.2 Å². The number of hydrogen-bond acceptors (Lipinski definition) is 2. The third-order valence-electron chi connectivity index (χ3n) is 2.69. The van der Waals surface area contributed by atoms with Gasteiger partial charge in [0.2, 0.25) is 0 Å². The van der Waals surface area contributed by atoms with Gasteiger partial charge >= 0.3 is 0 Å². The molecular weight excluding hydrogens is 377 g/mol. The van der Waals surface area contributed by atoms with Crippen LogP contribution < -0.4 is 10.1 Å². The zero-order valence-corrected chi connectivity index (χ0v) is 14.2. The Labute approximate surface area is 141 Å². The molecule has 0 heterocycles. The van der Waals surface area contributed by atoms with Crippen LogP contribution in [0.3, 0.4) is 0 Å². The van der Waals surface area contributed by atoms with Crippen LogP contribution in [0, 0.1) is 6.92 Å². The summed E-state index contributed by atoms with van der Waals surface area (Å²) in [7, 11) is 0. The van der Waals surface area contributed by atoms with Gasteiger partial charge in [-0.15, -0.1) is 0 Å². The Morgan fingerprint density at radius 3 is 2.71 bits per heavy atom. The molecule has 110 valence electrons. The number of carbonyl (C=O) groups is 1. The molecule has 21 heavy (non-hydrogen) atoms. The summed E-state index contributed by atoms with van der Waals surface area (Å²) in [5, 5.41) is 3.66. The van der Waals surface area contributed by atoms with E-state index < -0.39 is 0 Å². The molecule has 0 fully saturated rings. The van der Waals surface area contributed by atoms with Gasteiger partial charge in [-0.05, 0) is 42.8 Å². The quantitative estimate of drug-likeness (QED) is 0.792. The highest BCUT2D eigenvalue weighted by molar-refractivity contribution is 9.10. The molecule has 0 aliphatic rings. The van der Waals surface area contributed by atoms with Gasteiger partial charge < -0.3 is 10.1 Å². The number of carbonyl (C=O) groups excluding carboxylic acids is 1. The largest absolute Gasteiger partial charge is 0.482 e. The van der Waals surface area contributed by atoms with Crippen molar-refractivity contribution in [2.75, 3.05) is 11.9 Å². The number of amides is 1. The fourth-order valence-electron chi connectivity index (χ4n) is 1.65. The van der Waals surface area contributed by atoms with E-state index in [0.29, 0.717) is 21.5 Å². The maximum atomic E-state index is 11.9. The van der Waals surface area contributed by atoms with Crippen LogP contribution in [0.5, 0.6) is 5.75 Å². The highest BCUT2D eigenvalue weighted by atomic mass is 79.9. The number of benzene rings is 2. The minimum atomic E-state index is -0.271. The summed E-state index contributed by atoms with van der Waals surface area (Å²) in [5.74, 6) is 0.110. The van der Waals surface area contributed by atoms with Crippen molar-refractivity contribution in [2.24, 2.45) is 0 Å². The van der Waals surface area contributed by atoms with Gasteiger partial charge in [-0.2, -0.15) is 0 Å². The van der Waals surface area contributed by atoms with E-state index in [1.54, 1.807) is 24.3 Å². The van der Waals surface area contributed by atoms with Crippen molar-refractivity contribution in [3.8, 4) is 5.75 Å². The van der Waals surface area contributed by atoms with E-state index in [-0.39, 0.29) is 12.5 Å². The van der Waals surface area contributed by atoms with Crippen molar-refractivity contribution < 1.29 is 9.53 Å². The van der Waals surface area contributed by atoms with Gasteiger partial charge in [0.1, 0.15) is 5.75 Å². The van der Waals surface area contributed by atoms with Crippen LogP contribution in [0.2, 0.25) is 10.0 Å². The van der Waals surface area contributed by atoms with E-state index >= 15 is 0 Å². The van der Waals surface area contributed by atoms with Gasteiger partial charge in [0, 0.05) is 21.2 Å². The Balaban J connectivity index is 1.95. The molecule has 0 atom stereocenters. The minimum absolute atomic E-state index is 0.144. The predicted molar refractivity (Wildman–Crippen MR) is 89.5 cm³/mol. The number of ether oxygens (including phenoxy) is 1. The van der Waals surface area contributed by atoms with Gasteiger partial charge in [-0.25, -0.2) is 0 Å². The number of rotatable bonds is 4. The summed E-state index contributed by atoms with van der Waals surface area (Å²) in [6.07, 6.45) is 0. The first-order valence-corrected chi connectivity index (χ1v) is 7.64. The molecule has 0 spiro atoms. The lowest BCUT2D eigenvalue weighted by Crippen LogP contribution is -2.20. The van der Waals surface area contributed by atoms with Crippen molar-refractivity contribution in [1.82, 2.24) is 0 Å². The molecule has 0 radical (unpaired) electrons. The average molecular weight is 389 g/mol.